The van der Waals surface area contributed by atoms with Crippen LogP contribution in [0, 0.1) is 5.92 Å². The fourth-order valence-electron chi connectivity index (χ4n) is 2.45. The van der Waals surface area contributed by atoms with Crippen molar-refractivity contribution in [2.45, 2.75) is 96.2 Å². The Balaban J connectivity index is 3.28. The number of unbranched alkanes of at least 4 members (excludes halogenated alkanes) is 8. The molecule has 0 radical (unpaired) electrons. The van der Waals surface area contributed by atoms with Crippen molar-refractivity contribution in [3.05, 3.63) is 0 Å². The Labute approximate surface area is 118 Å². The molecule has 0 aliphatic carbocycles. The van der Waals surface area contributed by atoms with Gasteiger partial charge in [-0.3, -0.25) is 0 Å². The zero-order chi connectivity index (χ0) is 12.8. The summed E-state index contributed by atoms with van der Waals surface area (Å²) in [5.41, 5.74) is 0. The van der Waals surface area contributed by atoms with E-state index in [0.717, 1.165) is 5.92 Å². The fourth-order valence-corrected chi connectivity index (χ4v) is 2.92. The van der Waals surface area contributed by atoms with Gasteiger partial charge < -0.3 is 0 Å². The normalized spacial score (nSPS) is 12.9. The van der Waals surface area contributed by atoms with Crippen molar-refractivity contribution in [3.63, 3.8) is 0 Å². The van der Waals surface area contributed by atoms with Crippen molar-refractivity contribution >= 4 is 16.3 Å². The van der Waals surface area contributed by atoms with E-state index < -0.39 is 0 Å². The van der Waals surface area contributed by atoms with Crippen molar-refractivity contribution in [2.24, 2.45) is 5.92 Å². The summed E-state index contributed by atoms with van der Waals surface area (Å²) in [5.74, 6) is 0.989. The van der Waals surface area contributed by atoms with Crippen molar-refractivity contribution in [2.75, 3.05) is 0 Å². The van der Waals surface area contributed by atoms with Crippen LogP contribution in [0.3, 0.4) is 0 Å². The van der Waals surface area contributed by atoms with Crippen LogP contribution in [0.4, 0.5) is 0 Å². The topological polar surface area (TPSA) is 0 Å². The molecule has 98 valence electrons. The minimum atomic E-state index is 0.989. The van der Waals surface area contributed by atoms with E-state index in [9.17, 15) is 0 Å². The number of hydrogen-bond acceptors (Lipinski definition) is 0. The van der Waals surface area contributed by atoms with Crippen LogP contribution in [0.2, 0.25) is 5.28 Å². The molecule has 0 bridgehead atoms. The number of hydrogen-bond donors (Lipinski definition) is 0. The average molecular weight is 252 g/mol. The van der Waals surface area contributed by atoms with E-state index in [2.05, 4.69) is 30.1 Å². The minimum absolute atomic E-state index is 0.989. The zero-order valence-corrected chi connectivity index (χ0v) is 13.5. The molecule has 0 amide bonds. The van der Waals surface area contributed by atoms with E-state index >= 15 is 0 Å². The molecule has 0 aromatic carbocycles. The maximum atomic E-state index is 2.96. The first-order valence-corrected chi connectivity index (χ1v) is 8.86. The van der Waals surface area contributed by atoms with Gasteiger partial charge in [0.15, 0.2) is 0 Å². The van der Waals surface area contributed by atoms with Crippen molar-refractivity contribution in [3.8, 4) is 0 Å². The van der Waals surface area contributed by atoms with Gasteiger partial charge in [-0.25, -0.2) is 0 Å². The fraction of sp³-hybridized carbons (Fsp3) is 1.00. The van der Waals surface area contributed by atoms with Crippen LogP contribution in [-0.2, 0) is 0 Å². The summed E-state index contributed by atoms with van der Waals surface area (Å²) in [5, 5.41) is 1.32. The molecule has 0 saturated carbocycles. The zero-order valence-electron chi connectivity index (χ0n) is 12.3. The Morgan fingerprint density at radius 1 is 0.647 bits per heavy atom. The number of rotatable bonds is 13. The van der Waals surface area contributed by atoms with E-state index in [4.69, 9.17) is 0 Å². The van der Waals surface area contributed by atoms with Gasteiger partial charge in [0.05, 0.1) is 0 Å². The van der Waals surface area contributed by atoms with Crippen LogP contribution >= 0.6 is 0 Å². The van der Waals surface area contributed by atoms with E-state index in [-0.39, 0.29) is 0 Å². The molecular formula is C16H33Al+2. The van der Waals surface area contributed by atoms with Crippen molar-refractivity contribution < 1.29 is 0 Å². The van der Waals surface area contributed by atoms with E-state index in [0.29, 0.717) is 0 Å². The van der Waals surface area contributed by atoms with Gasteiger partial charge in [0, 0.05) is 0 Å². The first kappa shape index (κ1) is 17.5. The molecule has 1 heteroatoms. The van der Waals surface area contributed by atoms with Gasteiger partial charge in [-0.15, -0.1) is 0 Å². The second kappa shape index (κ2) is 14.6. The molecule has 0 aliphatic rings. The van der Waals surface area contributed by atoms with E-state index in [1.807, 2.05) is 0 Å². The van der Waals surface area contributed by atoms with Crippen LogP contribution in [0.5, 0.6) is 0 Å². The molecule has 0 fully saturated rings. The van der Waals surface area contributed by atoms with Crippen molar-refractivity contribution in [1.29, 1.82) is 0 Å². The van der Waals surface area contributed by atoms with Gasteiger partial charge in [0.2, 0.25) is 0 Å². The van der Waals surface area contributed by atoms with Gasteiger partial charge in [-0.2, -0.15) is 0 Å². The van der Waals surface area contributed by atoms with Crippen molar-refractivity contribution in [1.82, 2.24) is 0 Å². The Kier molecular flexibility index (Phi) is 15.1. The summed E-state index contributed by atoms with van der Waals surface area (Å²) < 4.78 is 0. The Hall–Kier alpha value is 0.532. The molecule has 0 aromatic heterocycles. The third kappa shape index (κ3) is 12.8. The van der Waals surface area contributed by atoms with Crippen LogP contribution in [0.1, 0.15) is 90.9 Å². The molecule has 0 spiro atoms. The van der Waals surface area contributed by atoms with Crippen LogP contribution in [-0.4, -0.2) is 16.3 Å². The first-order chi connectivity index (χ1) is 8.35. The summed E-state index contributed by atoms with van der Waals surface area (Å²) in [6, 6.07) is 0. The molecule has 0 N–H and O–H groups in total. The summed E-state index contributed by atoms with van der Waals surface area (Å²) in [7, 11) is 0. The van der Waals surface area contributed by atoms with Gasteiger partial charge in [0.25, 0.3) is 0 Å². The summed E-state index contributed by atoms with van der Waals surface area (Å²) in [4.78, 5) is 0. The summed E-state index contributed by atoms with van der Waals surface area (Å²) >= 11 is 2.96. The van der Waals surface area contributed by atoms with E-state index in [1.54, 1.807) is 0 Å². The predicted octanol–water partition coefficient (Wildman–Crippen LogP) is 5.91. The Bertz CT molecular complexity index is 133. The SMILES string of the molecule is CCCCCCCCC([CH2][Al+2])CCCCCC. The average Bonchev–Trinajstić information content (AvgIpc) is 2.36. The molecule has 0 heterocycles. The molecule has 1 unspecified atom stereocenters. The molecule has 0 nitrogen and oxygen atoms in total. The predicted molar refractivity (Wildman–Crippen MR) is 80.8 cm³/mol. The summed E-state index contributed by atoms with van der Waals surface area (Å²) in [6.45, 7) is 4.59. The molecule has 17 heavy (non-hydrogen) atoms. The monoisotopic (exact) mass is 252 g/mol. The summed E-state index contributed by atoms with van der Waals surface area (Å²) in [6.07, 6.45) is 17.3. The van der Waals surface area contributed by atoms with Gasteiger partial charge in [-0.05, 0) is 0 Å². The van der Waals surface area contributed by atoms with Gasteiger partial charge >= 0.3 is 118 Å². The van der Waals surface area contributed by atoms with E-state index in [1.165, 1.54) is 82.3 Å². The molecule has 0 rings (SSSR count). The molecule has 0 aromatic rings. The van der Waals surface area contributed by atoms with Crippen LogP contribution < -0.4 is 0 Å². The van der Waals surface area contributed by atoms with Gasteiger partial charge in [0.1, 0.15) is 0 Å². The van der Waals surface area contributed by atoms with Crippen LogP contribution in [0.25, 0.3) is 0 Å². The second-order valence-electron chi connectivity index (χ2n) is 5.51. The molecule has 0 saturated heterocycles. The third-order valence-electron chi connectivity index (χ3n) is 3.77. The Morgan fingerprint density at radius 2 is 1.06 bits per heavy atom. The molecule has 0 aliphatic heterocycles. The molecular weight excluding hydrogens is 219 g/mol. The quantitative estimate of drug-likeness (QED) is 0.282. The first-order valence-electron chi connectivity index (χ1n) is 8.05. The second-order valence-corrected chi connectivity index (χ2v) is 5.98. The molecule has 1 atom stereocenters. The standard InChI is InChI=1S/C16H33.Al/c1-4-6-8-10-11-13-15-16(3)14-12-9-7-5-2;/h16H,3-15H2,1-2H3;/q;+2. The van der Waals surface area contributed by atoms with Crippen LogP contribution in [0.15, 0.2) is 0 Å². The maximum absolute atomic E-state index is 2.96. The van der Waals surface area contributed by atoms with Gasteiger partial charge in [-0.1, -0.05) is 0 Å². The third-order valence-corrected chi connectivity index (χ3v) is 4.43. The Morgan fingerprint density at radius 3 is 1.53 bits per heavy atom.